The fourth-order valence-electron chi connectivity index (χ4n) is 3.58. The van der Waals surface area contributed by atoms with Gasteiger partial charge in [-0.3, -0.25) is 9.59 Å². The maximum absolute atomic E-state index is 12.4. The van der Waals surface area contributed by atoms with Gasteiger partial charge in [-0.2, -0.15) is 0 Å². The highest BCUT2D eigenvalue weighted by Crippen LogP contribution is 2.30. The van der Waals surface area contributed by atoms with E-state index in [1.807, 2.05) is 18.4 Å². The van der Waals surface area contributed by atoms with Crippen molar-refractivity contribution >= 4 is 21.6 Å². The number of Topliss-reactive ketones (excluding diaryl/α,β-unsaturated/α-hetero) is 1. The molecule has 7 heteroatoms. The zero-order chi connectivity index (χ0) is 17.5. The van der Waals surface area contributed by atoms with Crippen molar-refractivity contribution in [3.8, 4) is 0 Å². The highest BCUT2D eigenvalue weighted by atomic mass is 32.2. The summed E-state index contributed by atoms with van der Waals surface area (Å²) in [5.74, 6) is -0.257. The molecule has 1 saturated heterocycles. The number of aromatic nitrogens is 1. The van der Waals surface area contributed by atoms with Crippen molar-refractivity contribution in [2.75, 3.05) is 18.1 Å². The first kappa shape index (κ1) is 17.2. The summed E-state index contributed by atoms with van der Waals surface area (Å²) >= 11 is 0. The molecule has 0 unspecified atom stereocenters. The second-order valence-electron chi connectivity index (χ2n) is 6.87. The Morgan fingerprint density at radius 3 is 2.50 bits per heavy atom. The molecule has 1 aromatic heterocycles. The van der Waals surface area contributed by atoms with Crippen molar-refractivity contribution < 1.29 is 22.7 Å². The Morgan fingerprint density at radius 2 is 1.96 bits per heavy atom. The summed E-state index contributed by atoms with van der Waals surface area (Å²) in [6, 6.07) is 1.65. The third-order valence-corrected chi connectivity index (χ3v) is 6.89. The van der Waals surface area contributed by atoms with E-state index in [9.17, 15) is 18.0 Å². The lowest BCUT2D eigenvalue weighted by Gasteiger charge is -2.22. The van der Waals surface area contributed by atoms with E-state index in [0.29, 0.717) is 12.0 Å². The summed E-state index contributed by atoms with van der Waals surface area (Å²) in [6.45, 7) is 3.44. The van der Waals surface area contributed by atoms with Gasteiger partial charge in [0.05, 0.1) is 17.4 Å². The minimum Gasteiger partial charge on any atom is -0.457 e. The Morgan fingerprint density at radius 1 is 1.25 bits per heavy atom. The van der Waals surface area contributed by atoms with Crippen LogP contribution >= 0.6 is 0 Å². The number of sulfone groups is 1. The van der Waals surface area contributed by atoms with E-state index in [0.717, 1.165) is 30.7 Å². The summed E-state index contributed by atoms with van der Waals surface area (Å²) < 4.78 is 30.5. The Labute approximate surface area is 142 Å². The van der Waals surface area contributed by atoms with Crippen LogP contribution < -0.4 is 0 Å². The smallest absolute Gasteiger partial charge is 0.309 e. The summed E-state index contributed by atoms with van der Waals surface area (Å²) in [7, 11) is -2.99. The van der Waals surface area contributed by atoms with Gasteiger partial charge in [0.15, 0.2) is 16.4 Å². The molecule has 1 atom stereocenters. The van der Waals surface area contributed by atoms with Gasteiger partial charge in [0.25, 0.3) is 0 Å². The minimum atomic E-state index is -2.99. The third kappa shape index (κ3) is 3.27. The molecule has 1 saturated carbocycles. The van der Waals surface area contributed by atoms with Crippen molar-refractivity contribution in [2.24, 2.45) is 5.92 Å². The number of aryl methyl sites for hydroxylation is 1. The van der Waals surface area contributed by atoms with Gasteiger partial charge in [0, 0.05) is 23.0 Å². The summed E-state index contributed by atoms with van der Waals surface area (Å²) in [5.41, 5.74) is 2.13. The van der Waals surface area contributed by atoms with Crippen LogP contribution in [0, 0.1) is 19.8 Å². The molecule has 1 aromatic rings. The van der Waals surface area contributed by atoms with Crippen LogP contribution in [-0.4, -0.2) is 42.9 Å². The van der Waals surface area contributed by atoms with Gasteiger partial charge in [-0.15, -0.1) is 0 Å². The molecule has 0 aromatic carbocycles. The van der Waals surface area contributed by atoms with Crippen molar-refractivity contribution in [1.82, 2.24) is 4.57 Å². The molecule has 3 rings (SSSR count). The van der Waals surface area contributed by atoms with E-state index in [1.165, 1.54) is 0 Å². The summed E-state index contributed by atoms with van der Waals surface area (Å²) in [5, 5.41) is 0. The van der Waals surface area contributed by atoms with E-state index in [2.05, 4.69) is 0 Å². The molecular formula is C17H23NO5S. The number of hydrogen-bond acceptors (Lipinski definition) is 5. The van der Waals surface area contributed by atoms with Gasteiger partial charge in [0.1, 0.15) is 0 Å². The number of rotatable bonds is 5. The molecular weight excluding hydrogens is 330 g/mol. The van der Waals surface area contributed by atoms with Gasteiger partial charge in [-0.05, 0) is 39.2 Å². The maximum atomic E-state index is 12.4. The number of hydrogen-bond donors (Lipinski definition) is 0. The highest BCUT2D eigenvalue weighted by molar-refractivity contribution is 7.91. The normalized spacial score (nSPS) is 23.0. The lowest BCUT2D eigenvalue weighted by molar-refractivity contribution is -0.150. The number of nitrogens with zero attached hydrogens (tertiary/aromatic N) is 1. The first-order valence-corrected chi connectivity index (χ1v) is 10.2. The minimum absolute atomic E-state index is 0.0473. The fourth-order valence-corrected chi connectivity index (χ4v) is 5.28. The van der Waals surface area contributed by atoms with Crippen molar-refractivity contribution in [3.05, 3.63) is 23.0 Å². The van der Waals surface area contributed by atoms with E-state index in [4.69, 9.17) is 4.74 Å². The largest absolute Gasteiger partial charge is 0.457 e. The van der Waals surface area contributed by atoms with Gasteiger partial charge >= 0.3 is 5.97 Å². The number of carbonyl (C=O) groups excluding carboxylic acids is 2. The predicted molar refractivity (Wildman–Crippen MR) is 88.8 cm³/mol. The molecule has 6 nitrogen and oxygen atoms in total. The van der Waals surface area contributed by atoms with E-state index in [-0.39, 0.29) is 41.8 Å². The Bertz CT molecular complexity index is 773. The zero-order valence-corrected chi connectivity index (χ0v) is 14.9. The summed E-state index contributed by atoms with van der Waals surface area (Å²) in [4.78, 5) is 24.2. The van der Waals surface area contributed by atoms with Crippen LogP contribution in [0.5, 0.6) is 0 Å². The average Bonchev–Trinajstić information content (AvgIpc) is 2.93. The lowest BCUT2D eigenvalue weighted by Crippen LogP contribution is -2.26. The maximum Gasteiger partial charge on any atom is 0.309 e. The molecule has 1 aliphatic heterocycles. The molecule has 132 valence electrons. The Kier molecular flexibility index (Phi) is 4.55. The number of esters is 1. The van der Waals surface area contributed by atoms with Crippen molar-refractivity contribution in [3.63, 3.8) is 0 Å². The third-order valence-electron chi connectivity index (χ3n) is 5.14. The quantitative estimate of drug-likeness (QED) is 0.597. The first-order valence-electron chi connectivity index (χ1n) is 8.37. The molecule has 0 bridgehead atoms. The molecule has 0 N–H and O–H groups in total. The molecule has 0 spiro atoms. The molecule has 2 heterocycles. The van der Waals surface area contributed by atoms with Crippen molar-refractivity contribution in [2.45, 2.75) is 45.6 Å². The first-order chi connectivity index (χ1) is 11.3. The fraction of sp³-hybridized carbons (Fsp3) is 0.647. The number of carbonyl (C=O) groups is 2. The Hall–Kier alpha value is -1.63. The van der Waals surface area contributed by atoms with Crippen LogP contribution in [0.25, 0.3) is 0 Å². The van der Waals surface area contributed by atoms with Gasteiger partial charge in [-0.25, -0.2) is 8.42 Å². The zero-order valence-electron chi connectivity index (χ0n) is 14.1. The topological polar surface area (TPSA) is 82.4 Å². The molecule has 0 amide bonds. The standard InChI is InChI=1S/C17H23NO5S/c1-11-8-15(16(19)9-23-17(20)13-4-3-5-13)12(2)18(11)14-6-7-24(21,22)10-14/h8,13-14H,3-7,9-10H2,1-2H3/t14-/m1/s1. The predicted octanol–water partition coefficient (Wildman–Crippen LogP) is 1.99. The SMILES string of the molecule is Cc1cc(C(=O)COC(=O)C2CCC2)c(C)n1[C@@H]1CCS(=O)(=O)C1. The van der Waals surface area contributed by atoms with E-state index < -0.39 is 9.84 Å². The van der Waals surface area contributed by atoms with Crippen LogP contribution in [0.2, 0.25) is 0 Å². The Balaban J connectivity index is 1.71. The number of ether oxygens (including phenoxy) is 1. The van der Waals surface area contributed by atoms with Crippen LogP contribution in [0.15, 0.2) is 6.07 Å². The van der Waals surface area contributed by atoms with Gasteiger partial charge in [0.2, 0.25) is 5.78 Å². The van der Waals surface area contributed by atoms with E-state index >= 15 is 0 Å². The molecule has 24 heavy (non-hydrogen) atoms. The second kappa shape index (κ2) is 6.35. The highest BCUT2D eigenvalue weighted by Gasteiger charge is 2.32. The van der Waals surface area contributed by atoms with Crippen LogP contribution in [0.4, 0.5) is 0 Å². The molecule has 2 fully saturated rings. The van der Waals surface area contributed by atoms with Crippen LogP contribution in [0.1, 0.15) is 53.5 Å². The van der Waals surface area contributed by atoms with Gasteiger partial charge in [-0.1, -0.05) is 6.42 Å². The van der Waals surface area contributed by atoms with Crippen LogP contribution in [0.3, 0.4) is 0 Å². The van der Waals surface area contributed by atoms with Crippen LogP contribution in [-0.2, 0) is 19.4 Å². The summed E-state index contributed by atoms with van der Waals surface area (Å²) in [6.07, 6.45) is 3.30. The molecule has 1 aliphatic carbocycles. The number of ketones is 1. The van der Waals surface area contributed by atoms with E-state index in [1.54, 1.807) is 6.07 Å². The lowest BCUT2D eigenvalue weighted by atomic mass is 9.86. The average molecular weight is 353 g/mol. The molecule has 0 radical (unpaired) electrons. The second-order valence-corrected chi connectivity index (χ2v) is 9.10. The molecule has 2 aliphatic rings. The van der Waals surface area contributed by atoms with Gasteiger partial charge < -0.3 is 9.30 Å². The monoisotopic (exact) mass is 353 g/mol. The van der Waals surface area contributed by atoms with Crippen molar-refractivity contribution in [1.29, 1.82) is 0 Å².